The van der Waals surface area contributed by atoms with Crippen molar-refractivity contribution in [3.8, 4) is 5.75 Å². The monoisotopic (exact) mass is 219 g/mol. The number of anilines is 1. The van der Waals surface area contributed by atoms with Crippen LogP contribution in [0.25, 0.3) is 0 Å². The zero-order chi connectivity index (χ0) is 12.1. The fraction of sp³-hybridized carbons (Fsp3) is 0.308. The summed E-state index contributed by atoms with van der Waals surface area (Å²) in [5.41, 5.74) is 7.80. The molecule has 0 aliphatic heterocycles. The lowest BCUT2D eigenvalue weighted by Gasteiger charge is -2.07. The molecule has 1 aromatic carbocycles. The maximum absolute atomic E-state index is 11.8. The van der Waals surface area contributed by atoms with Crippen molar-refractivity contribution in [3.63, 3.8) is 0 Å². The first-order valence-electron chi connectivity index (χ1n) is 5.15. The van der Waals surface area contributed by atoms with E-state index in [9.17, 15) is 4.79 Å². The zero-order valence-electron chi connectivity index (χ0n) is 9.75. The molecule has 16 heavy (non-hydrogen) atoms. The van der Waals surface area contributed by atoms with E-state index in [-0.39, 0.29) is 5.78 Å². The van der Waals surface area contributed by atoms with Gasteiger partial charge in [0, 0.05) is 23.7 Å². The van der Waals surface area contributed by atoms with Crippen LogP contribution in [0.15, 0.2) is 30.4 Å². The summed E-state index contributed by atoms with van der Waals surface area (Å²) in [6.45, 7) is 5.67. The molecule has 3 heteroatoms. The highest BCUT2D eigenvalue weighted by molar-refractivity contribution is 6.01. The first kappa shape index (κ1) is 12.3. The summed E-state index contributed by atoms with van der Waals surface area (Å²) < 4.78 is 5.02. The van der Waals surface area contributed by atoms with Gasteiger partial charge in [-0.25, -0.2) is 0 Å². The van der Waals surface area contributed by atoms with E-state index in [0.717, 1.165) is 5.57 Å². The normalized spacial score (nSPS) is 9.88. The number of carbonyl (C=O) groups is 1. The van der Waals surface area contributed by atoms with Gasteiger partial charge in [0.2, 0.25) is 0 Å². The van der Waals surface area contributed by atoms with Crippen molar-refractivity contribution in [2.45, 2.75) is 19.8 Å². The third-order valence-electron chi connectivity index (χ3n) is 2.34. The summed E-state index contributed by atoms with van der Waals surface area (Å²) in [6.07, 6.45) is 1.15. The summed E-state index contributed by atoms with van der Waals surface area (Å²) in [5, 5.41) is 0. The summed E-state index contributed by atoms with van der Waals surface area (Å²) in [6, 6.07) is 5.10. The van der Waals surface area contributed by atoms with Crippen LogP contribution >= 0.6 is 0 Å². The van der Waals surface area contributed by atoms with Crippen LogP contribution in [0.5, 0.6) is 5.75 Å². The van der Waals surface area contributed by atoms with Gasteiger partial charge in [-0.2, -0.15) is 0 Å². The fourth-order valence-corrected chi connectivity index (χ4v) is 1.38. The van der Waals surface area contributed by atoms with Crippen molar-refractivity contribution in [1.29, 1.82) is 0 Å². The molecule has 86 valence electrons. The van der Waals surface area contributed by atoms with Gasteiger partial charge in [-0.05, 0) is 25.5 Å². The molecule has 0 fully saturated rings. The molecule has 0 saturated heterocycles. The van der Waals surface area contributed by atoms with Gasteiger partial charge in [0.15, 0.2) is 5.78 Å². The second-order valence-electron chi connectivity index (χ2n) is 3.83. The van der Waals surface area contributed by atoms with Gasteiger partial charge in [-0.1, -0.05) is 5.57 Å². The van der Waals surface area contributed by atoms with Gasteiger partial charge >= 0.3 is 0 Å². The quantitative estimate of drug-likeness (QED) is 0.470. The van der Waals surface area contributed by atoms with Crippen LogP contribution in [0.4, 0.5) is 5.69 Å². The van der Waals surface area contributed by atoms with Crippen LogP contribution < -0.4 is 10.5 Å². The molecule has 0 bridgehead atoms. The lowest BCUT2D eigenvalue weighted by atomic mass is 10.0. The Morgan fingerprint density at radius 3 is 2.62 bits per heavy atom. The Labute approximate surface area is 95.9 Å². The Morgan fingerprint density at radius 1 is 1.44 bits per heavy atom. The van der Waals surface area contributed by atoms with Crippen LogP contribution in [0.3, 0.4) is 0 Å². The molecule has 0 radical (unpaired) electrons. The highest BCUT2D eigenvalue weighted by Crippen LogP contribution is 2.21. The van der Waals surface area contributed by atoms with Crippen LogP contribution in [0, 0.1) is 0 Å². The first-order chi connectivity index (χ1) is 7.54. The summed E-state index contributed by atoms with van der Waals surface area (Å²) in [7, 11) is 1.57. The maximum Gasteiger partial charge on any atom is 0.165 e. The van der Waals surface area contributed by atoms with Crippen LogP contribution in [-0.4, -0.2) is 12.9 Å². The molecule has 0 unspecified atom stereocenters. The molecule has 0 spiro atoms. The van der Waals surface area contributed by atoms with E-state index in [0.29, 0.717) is 29.8 Å². The van der Waals surface area contributed by atoms with Gasteiger partial charge in [0.25, 0.3) is 0 Å². The van der Waals surface area contributed by atoms with E-state index in [1.54, 1.807) is 25.3 Å². The fourth-order valence-electron chi connectivity index (χ4n) is 1.38. The molecule has 0 heterocycles. The van der Waals surface area contributed by atoms with Crippen LogP contribution in [0.2, 0.25) is 0 Å². The van der Waals surface area contributed by atoms with Gasteiger partial charge in [-0.15, -0.1) is 6.58 Å². The summed E-state index contributed by atoms with van der Waals surface area (Å²) >= 11 is 0. The van der Waals surface area contributed by atoms with E-state index in [4.69, 9.17) is 10.5 Å². The molecule has 0 aliphatic carbocycles. The average Bonchev–Trinajstić information content (AvgIpc) is 2.25. The second-order valence-corrected chi connectivity index (χ2v) is 3.83. The highest BCUT2D eigenvalue weighted by atomic mass is 16.5. The van der Waals surface area contributed by atoms with Gasteiger partial charge in [0.05, 0.1) is 7.11 Å². The number of methoxy groups -OCH3 is 1. The lowest BCUT2D eigenvalue weighted by molar-refractivity contribution is 0.0983. The first-order valence-corrected chi connectivity index (χ1v) is 5.15. The van der Waals surface area contributed by atoms with E-state index >= 15 is 0 Å². The highest BCUT2D eigenvalue weighted by Gasteiger charge is 2.10. The molecular weight excluding hydrogens is 202 g/mol. The second kappa shape index (κ2) is 5.35. The van der Waals surface area contributed by atoms with Gasteiger partial charge in [0.1, 0.15) is 5.75 Å². The number of benzene rings is 1. The van der Waals surface area contributed by atoms with Gasteiger partial charge in [-0.3, -0.25) is 4.79 Å². The number of carbonyl (C=O) groups excluding carboxylic acids is 1. The number of Topliss-reactive ketones (excluding diaryl/α,β-unsaturated/α-hetero) is 1. The van der Waals surface area contributed by atoms with Crippen molar-refractivity contribution in [2.24, 2.45) is 0 Å². The molecule has 0 aromatic heterocycles. The lowest BCUT2D eigenvalue weighted by Crippen LogP contribution is -2.04. The van der Waals surface area contributed by atoms with E-state index in [1.165, 1.54) is 0 Å². The number of allylic oxidation sites excluding steroid dienone is 1. The molecular formula is C13H17NO2. The molecule has 0 saturated carbocycles. The van der Waals surface area contributed by atoms with Crippen molar-refractivity contribution >= 4 is 11.5 Å². The van der Waals surface area contributed by atoms with Gasteiger partial charge < -0.3 is 10.5 Å². The number of hydrogen-bond donors (Lipinski definition) is 1. The molecule has 1 rings (SSSR count). The molecule has 0 atom stereocenters. The van der Waals surface area contributed by atoms with E-state index in [2.05, 4.69) is 6.58 Å². The van der Waals surface area contributed by atoms with Crippen LogP contribution in [-0.2, 0) is 0 Å². The Kier molecular flexibility index (Phi) is 4.11. The number of ketones is 1. The predicted octanol–water partition coefficient (Wildman–Crippen LogP) is 2.82. The molecule has 0 amide bonds. The molecule has 0 aliphatic rings. The minimum atomic E-state index is 0.0446. The SMILES string of the molecule is C=C(C)CCC(=O)c1ccc(OC)cc1N. The number of nitrogen functional groups attached to an aromatic ring is 1. The zero-order valence-corrected chi connectivity index (χ0v) is 9.75. The molecule has 1 aromatic rings. The number of ether oxygens (including phenoxy) is 1. The third kappa shape index (κ3) is 3.12. The average molecular weight is 219 g/mol. The van der Waals surface area contributed by atoms with Crippen molar-refractivity contribution in [1.82, 2.24) is 0 Å². The largest absolute Gasteiger partial charge is 0.497 e. The third-order valence-corrected chi connectivity index (χ3v) is 2.34. The van der Waals surface area contributed by atoms with Crippen LogP contribution in [0.1, 0.15) is 30.1 Å². The number of hydrogen-bond acceptors (Lipinski definition) is 3. The minimum absolute atomic E-state index is 0.0446. The smallest absolute Gasteiger partial charge is 0.165 e. The molecule has 3 nitrogen and oxygen atoms in total. The van der Waals surface area contributed by atoms with E-state index in [1.807, 2.05) is 6.92 Å². The topological polar surface area (TPSA) is 52.3 Å². The number of rotatable bonds is 5. The Morgan fingerprint density at radius 2 is 2.12 bits per heavy atom. The van der Waals surface area contributed by atoms with Crippen molar-refractivity contribution in [2.75, 3.05) is 12.8 Å². The minimum Gasteiger partial charge on any atom is -0.497 e. The number of nitrogens with two attached hydrogens (primary N) is 1. The standard InChI is InChI=1S/C13H17NO2/c1-9(2)4-7-13(15)11-6-5-10(16-3)8-12(11)14/h5-6,8H,1,4,7,14H2,2-3H3. The Hall–Kier alpha value is -1.77. The maximum atomic E-state index is 11.8. The summed E-state index contributed by atoms with van der Waals surface area (Å²) in [4.78, 5) is 11.8. The van der Waals surface area contributed by atoms with E-state index < -0.39 is 0 Å². The molecule has 2 N–H and O–H groups in total. The van der Waals surface area contributed by atoms with Crippen molar-refractivity contribution < 1.29 is 9.53 Å². The predicted molar refractivity (Wildman–Crippen MR) is 65.8 cm³/mol. The summed E-state index contributed by atoms with van der Waals surface area (Å²) in [5.74, 6) is 0.706. The Bertz CT molecular complexity index is 410. The van der Waals surface area contributed by atoms with Crippen molar-refractivity contribution in [3.05, 3.63) is 35.9 Å². The Balaban J connectivity index is 2.79.